The molecule has 0 bridgehead atoms. The molecule has 2 N–H and O–H groups in total. The zero-order valence-corrected chi connectivity index (χ0v) is 12.0. The number of pyridine rings is 1. The largest absolute Gasteiger partial charge is 0.476 e. The highest BCUT2D eigenvalue weighted by atomic mass is 79.9. The Morgan fingerprint density at radius 1 is 1.47 bits per heavy atom. The third-order valence-electron chi connectivity index (χ3n) is 2.46. The van der Waals surface area contributed by atoms with Crippen LogP contribution in [0.3, 0.4) is 0 Å². The first-order chi connectivity index (χ1) is 7.75. The maximum absolute atomic E-state index is 5.58. The van der Waals surface area contributed by atoms with Crippen LogP contribution >= 0.6 is 17.0 Å². The van der Waals surface area contributed by atoms with Crippen LogP contribution in [-0.4, -0.2) is 24.7 Å². The van der Waals surface area contributed by atoms with Crippen molar-refractivity contribution in [3.8, 4) is 5.88 Å². The van der Waals surface area contributed by atoms with E-state index in [0.29, 0.717) is 12.5 Å². The Balaban J connectivity index is 0.00000144. The van der Waals surface area contributed by atoms with Gasteiger partial charge in [0, 0.05) is 25.2 Å². The van der Waals surface area contributed by atoms with E-state index in [4.69, 9.17) is 4.74 Å². The number of fused-ring (bicyclic) bond motifs is 1. The molecule has 0 aliphatic carbocycles. The van der Waals surface area contributed by atoms with Gasteiger partial charge in [-0.25, -0.2) is 0 Å². The van der Waals surface area contributed by atoms with Gasteiger partial charge in [-0.3, -0.25) is 0 Å². The molecule has 0 atom stereocenters. The minimum Gasteiger partial charge on any atom is -0.476 e. The molecule has 2 heterocycles. The molecule has 1 aliphatic heterocycles. The van der Waals surface area contributed by atoms with Crippen molar-refractivity contribution in [3.05, 3.63) is 17.7 Å². The smallest absolute Gasteiger partial charge is 0.219 e. The Morgan fingerprint density at radius 2 is 2.29 bits per heavy atom. The van der Waals surface area contributed by atoms with E-state index < -0.39 is 0 Å². The van der Waals surface area contributed by atoms with Gasteiger partial charge in [0.1, 0.15) is 12.4 Å². The second-order valence-electron chi connectivity index (χ2n) is 4.46. The molecular formula is C12H20BrN3O. The number of hydrogen-bond acceptors (Lipinski definition) is 4. The summed E-state index contributed by atoms with van der Waals surface area (Å²) in [4.78, 5) is 4.47. The number of aromatic nitrogens is 1. The molecule has 1 aromatic rings. The highest BCUT2D eigenvalue weighted by Gasteiger charge is 2.10. The predicted molar refractivity (Wildman–Crippen MR) is 75.1 cm³/mol. The zero-order valence-electron chi connectivity index (χ0n) is 10.3. The summed E-state index contributed by atoms with van der Waals surface area (Å²) in [6.07, 6.45) is 0. The standard InChI is InChI=1S/C12H19N3O.BrH/c1-9(2)7-14-11-4-3-10-8-13-5-6-16-12(10)15-11;/h3-4,9,13H,5-8H2,1-2H3,(H,14,15);1H. The summed E-state index contributed by atoms with van der Waals surface area (Å²) in [6.45, 7) is 7.70. The quantitative estimate of drug-likeness (QED) is 0.898. The van der Waals surface area contributed by atoms with Crippen molar-refractivity contribution in [2.45, 2.75) is 20.4 Å². The van der Waals surface area contributed by atoms with Crippen LogP contribution in [0.5, 0.6) is 5.88 Å². The van der Waals surface area contributed by atoms with E-state index in [1.54, 1.807) is 0 Å². The summed E-state index contributed by atoms with van der Waals surface area (Å²) in [7, 11) is 0. The summed E-state index contributed by atoms with van der Waals surface area (Å²) in [5, 5.41) is 6.59. The molecule has 5 heteroatoms. The van der Waals surface area contributed by atoms with Crippen LogP contribution in [-0.2, 0) is 6.54 Å². The molecule has 0 amide bonds. The lowest BCUT2D eigenvalue weighted by Gasteiger charge is -2.11. The fraction of sp³-hybridized carbons (Fsp3) is 0.583. The molecule has 0 radical (unpaired) electrons. The van der Waals surface area contributed by atoms with E-state index in [9.17, 15) is 0 Å². The van der Waals surface area contributed by atoms with E-state index >= 15 is 0 Å². The van der Waals surface area contributed by atoms with E-state index in [0.717, 1.165) is 36.9 Å². The van der Waals surface area contributed by atoms with Crippen molar-refractivity contribution >= 4 is 22.8 Å². The molecule has 0 spiro atoms. The Morgan fingerprint density at radius 3 is 3.06 bits per heavy atom. The zero-order chi connectivity index (χ0) is 11.4. The van der Waals surface area contributed by atoms with Gasteiger partial charge < -0.3 is 15.4 Å². The predicted octanol–water partition coefficient (Wildman–Crippen LogP) is 2.21. The maximum Gasteiger partial charge on any atom is 0.219 e. The van der Waals surface area contributed by atoms with Gasteiger partial charge in [0.25, 0.3) is 0 Å². The van der Waals surface area contributed by atoms with E-state index in [1.807, 2.05) is 6.07 Å². The third kappa shape index (κ3) is 4.16. The first-order valence-corrected chi connectivity index (χ1v) is 5.83. The molecule has 0 saturated carbocycles. The summed E-state index contributed by atoms with van der Waals surface area (Å²) >= 11 is 0. The summed E-state index contributed by atoms with van der Waals surface area (Å²) in [5.74, 6) is 2.27. The van der Waals surface area contributed by atoms with Gasteiger partial charge in [0.2, 0.25) is 5.88 Å². The van der Waals surface area contributed by atoms with Crippen molar-refractivity contribution in [2.75, 3.05) is 25.0 Å². The summed E-state index contributed by atoms with van der Waals surface area (Å²) < 4.78 is 5.58. The number of nitrogens with zero attached hydrogens (tertiary/aromatic N) is 1. The van der Waals surface area contributed by atoms with Crippen molar-refractivity contribution < 1.29 is 4.74 Å². The average molecular weight is 302 g/mol. The maximum atomic E-state index is 5.58. The molecule has 17 heavy (non-hydrogen) atoms. The molecule has 1 aliphatic rings. The minimum absolute atomic E-state index is 0. The lowest BCUT2D eigenvalue weighted by molar-refractivity contribution is 0.314. The third-order valence-corrected chi connectivity index (χ3v) is 2.46. The Hall–Kier alpha value is -0.810. The van der Waals surface area contributed by atoms with E-state index in [2.05, 4.69) is 35.5 Å². The Labute approximate surface area is 113 Å². The van der Waals surface area contributed by atoms with E-state index in [1.165, 1.54) is 0 Å². The summed E-state index contributed by atoms with van der Waals surface area (Å²) in [5.41, 5.74) is 1.13. The van der Waals surface area contributed by atoms with Crippen molar-refractivity contribution in [3.63, 3.8) is 0 Å². The van der Waals surface area contributed by atoms with Gasteiger partial charge in [-0.15, -0.1) is 17.0 Å². The fourth-order valence-electron chi connectivity index (χ4n) is 1.58. The molecule has 0 unspecified atom stereocenters. The SMILES string of the molecule is Br.CC(C)CNc1ccc2c(n1)OCCNC2. The molecule has 96 valence electrons. The van der Waals surface area contributed by atoms with E-state index in [-0.39, 0.29) is 17.0 Å². The molecule has 0 fully saturated rings. The number of hydrogen-bond donors (Lipinski definition) is 2. The topological polar surface area (TPSA) is 46.2 Å². The van der Waals surface area contributed by atoms with Crippen LogP contribution < -0.4 is 15.4 Å². The monoisotopic (exact) mass is 301 g/mol. The highest BCUT2D eigenvalue weighted by molar-refractivity contribution is 8.93. The second-order valence-corrected chi connectivity index (χ2v) is 4.46. The second kappa shape index (κ2) is 6.81. The lowest BCUT2D eigenvalue weighted by atomic mass is 10.2. The Bertz CT molecular complexity index is 358. The van der Waals surface area contributed by atoms with Crippen molar-refractivity contribution in [2.24, 2.45) is 5.92 Å². The molecule has 1 aromatic heterocycles. The van der Waals surface area contributed by atoms with Gasteiger partial charge in [-0.2, -0.15) is 4.98 Å². The van der Waals surface area contributed by atoms with Crippen LogP contribution in [0.1, 0.15) is 19.4 Å². The van der Waals surface area contributed by atoms with Gasteiger partial charge in [-0.05, 0) is 18.1 Å². The van der Waals surface area contributed by atoms with Gasteiger partial charge in [0.15, 0.2) is 0 Å². The van der Waals surface area contributed by atoms with Crippen LogP contribution in [0.2, 0.25) is 0 Å². The minimum atomic E-state index is 0. The lowest BCUT2D eigenvalue weighted by Crippen LogP contribution is -2.16. The molecule has 2 rings (SSSR count). The number of nitrogens with one attached hydrogen (secondary N) is 2. The first kappa shape index (κ1) is 14.3. The first-order valence-electron chi connectivity index (χ1n) is 5.83. The van der Waals surface area contributed by atoms with Gasteiger partial charge in [0.05, 0.1) is 0 Å². The average Bonchev–Trinajstić information content (AvgIpc) is 2.50. The van der Waals surface area contributed by atoms with Crippen LogP contribution in [0, 0.1) is 5.92 Å². The number of rotatable bonds is 3. The van der Waals surface area contributed by atoms with Crippen LogP contribution in [0.15, 0.2) is 12.1 Å². The molecule has 0 saturated heterocycles. The number of ether oxygens (including phenoxy) is 1. The van der Waals surface area contributed by atoms with Crippen LogP contribution in [0.4, 0.5) is 5.82 Å². The van der Waals surface area contributed by atoms with Crippen molar-refractivity contribution in [1.29, 1.82) is 0 Å². The number of halogens is 1. The fourth-order valence-corrected chi connectivity index (χ4v) is 1.58. The van der Waals surface area contributed by atoms with Crippen LogP contribution in [0.25, 0.3) is 0 Å². The molecular weight excluding hydrogens is 282 g/mol. The van der Waals surface area contributed by atoms with Gasteiger partial charge in [-0.1, -0.05) is 13.8 Å². The highest BCUT2D eigenvalue weighted by Crippen LogP contribution is 2.20. The van der Waals surface area contributed by atoms with Gasteiger partial charge >= 0.3 is 0 Å². The summed E-state index contributed by atoms with van der Waals surface area (Å²) in [6, 6.07) is 4.08. The molecule has 4 nitrogen and oxygen atoms in total. The van der Waals surface area contributed by atoms with Crippen molar-refractivity contribution in [1.82, 2.24) is 10.3 Å². The Kier molecular flexibility index (Phi) is 5.71. The molecule has 0 aromatic carbocycles. The number of anilines is 1. The normalized spacial score (nSPS) is 14.3.